The second-order valence-corrected chi connectivity index (χ2v) is 2.54. The molecule has 0 saturated heterocycles. The first kappa shape index (κ1) is 7.75. The average Bonchev–Trinajstić information content (AvgIpc) is 2.63. The van der Waals surface area contributed by atoms with E-state index in [9.17, 15) is 4.79 Å². The molecule has 13 heavy (non-hydrogen) atoms. The summed E-state index contributed by atoms with van der Waals surface area (Å²) < 4.78 is 0. The molecule has 5 heteroatoms. The number of fused-ring (bicyclic) bond motifs is 1. The highest BCUT2D eigenvalue weighted by atomic mass is 16.5. The van der Waals surface area contributed by atoms with Gasteiger partial charge in [0, 0.05) is 17.8 Å². The summed E-state index contributed by atoms with van der Waals surface area (Å²) in [5.41, 5.74) is 2.61. The standard InChI is InChI=1S/C8H7N3O2/c12-8(11-13)6-2-4-10-7-5(6)1-3-9-7/h1-4,13H,(H,9,10)(H,11,12). The molecule has 0 saturated carbocycles. The Bertz CT molecular complexity index is 449. The lowest BCUT2D eigenvalue weighted by atomic mass is 10.2. The van der Waals surface area contributed by atoms with Crippen LogP contribution < -0.4 is 5.48 Å². The second-order valence-electron chi connectivity index (χ2n) is 2.54. The molecule has 66 valence electrons. The summed E-state index contributed by atoms with van der Waals surface area (Å²) in [6, 6.07) is 3.27. The van der Waals surface area contributed by atoms with Crippen LogP contribution in [-0.4, -0.2) is 21.1 Å². The first-order chi connectivity index (χ1) is 6.33. The molecule has 1 amide bonds. The van der Waals surface area contributed by atoms with Crippen molar-refractivity contribution in [3.8, 4) is 0 Å². The number of H-pyrrole nitrogens is 1. The average molecular weight is 177 g/mol. The molecule has 0 spiro atoms. The number of amides is 1. The summed E-state index contributed by atoms with van der Waals surface area (Å²) in [6.07, 6.45) is 3.19. The van der Waals surface area contributed by atoms with Crippen LogP contribution in [0, 0.1) is 0 Å². The van der Waals surface area contributed by atoms with Gasteiger partial charge in [-0.1, -0.05) is 0 Å². The van der Waals surface area contributed by atoms with Crippen LogP contribution in [0.1, 0.15) is 10.4 Å². The molecule has 0 atom stereocenters. The van der Waals surface area contributed by atoms with E-state index in [1.54, 1.807) is 23.8 Å². The maximum absolute atomic E-state index is 11.1. The highest BCUT2D eigenvalue weighted by Gasteiger charge is 2.09. The smallest absolute Gasteiger partial charge is 0.275 e. The van der Waals surface area contributed by atoms with Crippen molar-refractivity contribution in [3.63, 3.8) is 0 Å². The maximum Gasteiger partial charge on any atom is 0.275 e. The minimum Gasteiger partial charge on any atom is -0.346 e. The fourth-order valence-electron chi connectivity index (χ4n) is 1.22. The Balaban J connectivity index is 2.67. The molecule has 0 unspecified atom stereocenters. The van der Waals surface area contributed by atoms with Gasteiger partial charge in [-0.25, -0.2) is 10.5 Å². The Morgan fingerprint density at radius 2 is 2.38 bits per heavy atom. The molecule has 2 heterocycles. The Hall–Kier alpha value is -1.88. The van der Waals surface area contributed by atoms with Crippen molar-refractivity contribution in [1.29, 1.82) is 0 Å². The van der Waals surface area contributed by atoms with E-state index in [2.05, 4.69) is 9.97 Å². The van der Waals surface area contributed by atoms with Crippen LogP contribution in [0.3, 0.4) is 0 Å². The summed E-state index contributed by atoms with van der Waals surface area (Å²) in [5, 5.41) is 9.14. The molecule has 2 aromatic heterocycles. The molecule has 2 aromatic rings. The summed E-state index contributed by atoms with van der Waals surface area (Å²) in [4.78, 5) is 18.0. The molecule has 5 nitrogen and oxygen atoms in total. The van der Waals surface area contributed by atoms with Crippen molar-refractivity contribution in [2.45, 2.75) is 0 Å². The van der Waals surface area contributed by atoms with Crippen LogP contribution in [0.15, 0.2) is 24.5 Å². The van der Waals surface area contributed by atoms with Crippen molar-refractivity contribution in [3.05, 3.63) is 30.1 Å². The first-order valence-electron chi connectivity index (χ1n) is 3.69. The second kappa shape index (κ2) is 2.87. The molecular formula is C8H7N3O2. The van der Waals surface area contributed by atoms with Crippen molar-refractivity contribution in [1.82, 2.24) is 15.4 Å². The van der Waals surface area contributed by atoms with Gasteiger partial charge in [-0.2, -0.15) is 0 Å². The largest absolute Gasteiger partial charge is 0.346 e. The summed E-state index contributed by atoms with van der Waals surface area (Å²) >= 11 is 0. The Morgan fingerprint density at radius 3 is 3.15 bits per heavy atom. The number of nitrogens with zero attached hydrogens (tertiary/aromatic N) is 1. The van der Waals surface area contributed by atoms with Gasteiger partial charge < -0.3 is 4.98 Å². The molecule has 3 N–H and O–H groups in total. The zero-order chi connectivity index (χ0) is 9.26. The third-order valence-corrected chi connectivity index (χ3v) is 1.81. The number of nitrogens with one attached hydrogen (secondary N) is 2. The number of hydrogen-bond donors (Lipinski definition) is 3. The molecule has 0 aliphatic carbocycles. The van der Waals surface area contributed by atoms with Gasteiger partial charge in [-0.05, 0) is 12.1 Å². The van der Waals surface area contributed by atoms with E-state index < -0.39 is 5.91 Å². The number of carbonyl (C=O) groups is 1. The van der Waals surface area contributed by atoms with Crippen molar-refractivity contribution < 1.29 is 10.0 Å². The van der Waals surface area contributed by atoms with Gasteiger partial charge in [-0.15, -0.1) is 0 Å². The van der Waals surface area contributed by atoms with E-state index in [-0.39, 0.29) is 0 Å². The lowest BCUT2D eigenvalue weighted by Crippen LogP contribution is -2.18. The highest BCUT2D eigenvalue weighted by Crippen LogP contribution is 2.14. The van der Waals surface area contributed by atoms with E-state index in [0.717, 1.165) is 0 Å². The molecular weight excluding hydrogens is 170 g/mol. The topological polar surface area (TPSA) is 78.0 Å². The van der Waals surface area contributed by atoms with E-state index in [1.165, 1.54) is 6.20 Å². The van der Waals surface area contributed by atoms with Gasteiger partial charge in [0.15, 0.2) is 0 Å². The lowest BCUT2D eigenvalue weighted by molar-refractivity contribution is 0.0708. The van der Waals surface area contributed by atoms with Crippen LogP contribution in [0.5, 0.6) is 0 Å². The third kappa shape index (κ3) is 1.15. The first-order valence-corrected chi connectivity index (χ1v) is 3.69. The Morgan fingerprint density at radius 1 is 1.54 bits per heavy atom. The van der Waals surface area contributed by atoms with Crippen LogP contribution in [0.4, 0.5) is 0 Å². The maximum atomic E-state index is 11.1. The molecule has 0 radical (unpaired) electrons. The fourth-order valence-corrected chi connectivity index (χ4v) is 1.22. The van der Waals surface area contributed by atoms with Gasteiger partial charge in [0.1, 0.15) is 5.65 Å². The van der Waals surface area contributed by atoms with Crippen LogP contribution in [0.2, 0.25) is 0 Å². The summed E-state index contributed by atoms with van der Waals surface area (Å²) in [5.74, 6) is -0.535. The highest BCUT2D eigenvalue weighted by molar-refractivity contribution is 6.04. The molecule has 2 rings (SSSR count). The Kier molecular flexibility index (Phi) is 1.71. The molecule has 0 aliphatic heterocycles. The van der Waals surface area contributed by atoms with Crippen molar-refractivity contribution >= 4 is 16.9 Å². The van der Waals surface area contributed by atoms with Gasteiger partial charge in [0.2, 0.25) is 0 Å². The van der Waals surface area contributed by atoms with Crippen molar-refractivity contribution in [2.24, 2.45) is 0 Å². The normalized spacial score (nSPS) is 10.2. The number of aromatic amines is 1. The number of aromatic nitrogens is 2. The number of hydroxylamine groups is 1. The predicted octanol–water partition coefficient (Wildman–Crippen LogP) is 0.682. The number of rotatable bonds is 1. The van der Waals surface area contributed by atoms with E-state index in [4.69, 9.17) is 5.21 Å². The van der Waals surface area contributed by atoms with Crippen LogP contribution in [0.25, 0.3) is 11.0 Å². The number of hydrogen-bond acceptors (Lipinski definition) is 3. The van der Waals surface area contributed by atoms with Gasteiger partial charge in [0.25, 0.3) is 5.91 Å². The quantitative estimate of drug-likeness (QED) is 0.442. The van der Waals surface area contributed by atoms with Gasteiger partial charge in [-0.3, -0.25) is 10.0 Å². The van der Waals surface area contributed by atoms with Gasteiger partial charge >= 0.3 is 0 Å². The number of carbonyl (C=O) groups excluding carboxylic acids is 1. The number of pyridine rings is 1. The zero-order valence-electron chi connectivity index (χ0n) is 6.61. The van der Waals surface area contributed by atoms with Crippen LogP contribution in [-0.2, 0) is 0 Å². The summed E-state index contributed by atoms with van der Waals surface area (Å²) in [6.45, 7) is 0. The third-order valence-electron chi connectivity index (χ3n) is 1.81. The van der Waals surface area contributed by atoms with Gasteiger partial charge in [0.05, 0.1) is 5.56 Å². The molecule has 0 fully saturated rings. The molecule has 0 aromatic carbocycles. The predicted molar refractivity (Wildman–Crippen MR) is 45.3 cm³/mol. The zero-order valence-corrected chi connectivity index (χ0v) is 6.61. The lowest BCUT2D eigenvalue weighted by Gasteiger charge is -1.98. The minimum atomic E-state index is -0.535. The minimum absolute atomic E-state index is 0.397. The Labute approximate surface area is 73.4 Å². The van der Waals surface area contributed by atoms with E-state index in [1.807, 2.05) is 0 Å². The molecule has 0 bridgehead atoms. The van der Waals surface area contributed by atoms with E-state index >= 15 is 0 Å². The monoisotopic (exact) mass is 177 g/mol. The van der Waals surface area contributed by atoms with Crippen LogP contribution >= 0.6 is 0 Å². The summed E-state index contributed by atoms with van der Waals surface area (Å²) in [7, 11) is 0. The fraction of sp³-hybridized carbons (Fsp3) is 0. The molecule has 0 aliphatic rings. The SMILES string of the molecule is O=C(NO)c1ccnc2[nH]ccc12. The van der Waals surface area contributed by atoms with Crippen molar-refractivity contribution in [2.75, 3.05) is 0 Å². The van der Waals surface area contributed by atoms with E-state index in [0.29, 0.717) is 16.6 Å².